The maximum absolute atomic E-state index is 12.0. The van der Waals surface area contributed by atoms with Crippen LogP contribution in [-0.4, -0.2) is 31.2 Å². The lowest BCUT2D eigenvalue weighted by Crippen LogP contribution is -2.26. The van der Waals surface area contributed by atoms with Crippen molar-refractivity contribution >= 4 is 33.2 Å². The van der Waals surface area contributed by atoms with Crippen molar-refractivity contribution in [2.75, 3.05) is 25.6 Å². The average molecular weight is 364 g/mol. The summed E-state index contributed by atoms with van der Waals surface area (Å²) in [4.78, 5) is 16.1. The normalized spacial score (nSPS) is 10.3. The molecule has 0 unspecified atom stereocenters. The fourth-order valence-corrected chi connectivity index (χ4v) is 2.27. The number of methoxy groups -OCH3 is 1. The Morgan fingerprint density at radius 2 is 2.09 bits per heavy atom. The van der Waals surface area contributed by atoms with E-state index in [4.69, 9.17) is 4.74 Å². The molecular formula is C16H18BrN3O2. The Hall–Kier alpha value is -1.92. The number of ether oxygens (including phenoxy) is 1. The number of nitrogens with one attached hydrogen (secondary N) is 2. The Balaban J connectivity index is 1.98. The van der Waals surface area contributed by atoms with E-state index in [2.05, 4.69) is 31.5 Å². The monoisotopic (exact) mass is 363 g/mol. The summed E-state index contributed by atoms with van der Waals surface area (Å²) in [6.07, 6.45) is 2.39. The van der Waals surface area contributed by atoms with Crippen molar-refractivity contribution in [1.29, 1.82) is 0 Å². The van der Waals surface area contributed by atoms with Crippen LogP contribution in [0.5, 0.6) is 0 Å². The Labute approximate surface area is 138 Å². The molecular weight excluding hydrogens is 346 g/mol. The minimum Gasteiger partial charge on any atom is -0.385 e. The summed E-state index contributed by atoms with van der Waals surface area (Å²) in [5.41, 5.74) is 2.14. The van der Waals surface area contributed by atoms with Crippen molar-refractivity contribution in [2.45, 2.75) is 6.42 Å². The summed E-state index contributed by atoms with van der Waals surface area (Å²) in [7, 11) is 1.64. The van der Waals surface area contributed by atoms with Crippen LogP contribution < -0.4 is 10.6 Å². The van der Waals surface area contributed by atoms with E-state index in [9.17, 15) is 4.79 Å². The van der Waals surface area contributed by atoms with Gasteiger partial charge in [0.05, 0.1) is 0 Å². The molecule has 1 aromatic heterocycles. The van der Waals surface area contributed by atoms with Crippen molar-refractivity contribution in [3.8, 4) is 0 Å². The first-order valence-electron chi connectivity index (χ1n) is 6.95. The topological polar surface area (TPSA) is 63.2 Å². The number of carbonyl (C=O) groups is 1. The van der Waals surface area contributed by atoms with Crippen LogP contribution in [0, 0.1) is 0 Å². The molecule has 2 N–H and O–H groups in total. The number of rotatable bonds is 7. The quantitative estimate of drug-likeness (QED) is 0.740. The zero-order valence-electron chi connectivity index (χ0n) is 12.3. The molecule has 0 aliphatic rings. The Kier molecular flexibility index (Phi) is 6.36. The molecule has 1 aromatic carbocycles. The SMILES string of the molecule is COCCCNC(=O)c1cc(Nc2cccc(Br)c2)ccn1. The van der Waals surface area contributed by atoms with Gasteiger partial charge in [0, 0.05) is 42.3 Å². The Morgan fingerprint density at radius 3 is 2.86 bits per heavy atom. The van der Waals surface area contributed by atoms with E-state index in [-0.39, 0.29) is 5.91 Å². The Bertz CT molecular complexity index is 634. The maximum atomic E-state index is 12.0. The lowest BCUT2D eigenvalue weighted by molar-refractivity contribution is 0.0943. The highest BCUT2D eigenvalue weighted by atomic mass is 79.9. The van der Waals surface area contributed by atoms with Gasteiger partial charge in [-0.15, -0.1) is 0 Å². The van der Waals surface area contributed by atoms with Crippen LogP contribution >= 0.6 is 15.9 Å². The number of benzene rings is 1. The molecule has 5 nitrogen and oxygen atoms in total. The first kappa shape index (κ1) is 16.5. The van der Waals surface area contributed by atoms with E-state index in [0.717, 1.165) is 22.3 Å². The second-order valence-corrected chi connectivity index (χ2v) is 5.58. The van der Waals surface area contributed by atoms with Crippen LogP contribution in [0.2, 0.25) is 0 Å². The minimum atomic E-state index is -0.186. The third-order valence-electron chi connectivity index (χ3n) is 2.92. The molecule has 0 bridgehead atoms. The van der Waals surface area contributed by atoms with E-state index in [1.165, 1.54) is 0 Å². The number of nitrogens with zero attached hydrogens (tertiary/aromatic N) is 1. The molecule has 1 heterocycles. The average Bonchev–Trinajstić information content (AvgIpc) is 2.52. The molecule has 0 radical (unpaired) electrons. The summed E-state index contributed by atoms with van der Waals surface area (Å²) >= 11 is 3.43. The molecule has 0 spiro atoms. The van der Waals surface area contributed by atoms with Crippen molar-refractivity contribution in [1.82, 2.24) is 10.3 Å². The molecule has 0 saturated carbocycles. The van der Waals surface area contributed by atoms with E-state index < -0.39 is 0 Å². The summed E-state index contributed by atoms with van der Waals surface area (Å²) in [6.45, 7) is 1.19. The largest absolute Gasteiger partial charge is 0.385 e. The summed E-state index contributed by atoms with van der Waals surface area (Å²) < 4.78 is 5.93. The second-order valence-electron chi connectivity index (χ2n) is 4.67. The highest BCUT2D eigenvalue weighted by Gasteiger charge is 2.07. The van der Waals surface area contributed by atoms with Gasteiger partial charge in [-0.3, -0.25) is 9.78 Å². The van der Waals surface area contributed by atoms with Gasteiger partial charge in [-0.2, -0.15) is 0 Å². The van der Waals surface area contributed by atoms with Gasteiger partial charge in [0.25, 0.3) is 5.91 Å². The molecule has 0 fully saturated rings. The summed E-state index contributed by atoms with van der Waals surface area (Å²) in [5, 5.41) is 6.06. The molecule has 22 heavy (non-hydrogen) atoms. The number of hydrogen-bond acceptors (Lipinski definition) is 4. The minimum absolute atomic E-state index is 0.186. The number of aromatic nitrogens is 1. The summed E-state index contributed by atoms with van der Waals surface area (Å²) in [5.74, 6) is -0.186. The smallest absolute Gasteiger partial charge is 0.269 e. The highest BCUT2D eigenvalue weighted by Crippen LogP contribution is 2.20. The summed E-state index contributed by atoms with van der Waals surface area (Å²) in [6, 6.07) is 11.4. The molecule has 116 valence electrons. The first-order chi connectivity index (χ1) is 10.7. The van der Waals surface area contributed by atoms with E-state index >= 15 is 0 Å². The number of hydrogen-bond donors (Lipinski definition) is 2. The van der Waals surface area contributed by atoms with Gasteiger partial charge in [0.2, 0.25) is 0 Å². The van der Waals surface area contributed by atoms with Crippen molar-refractivity contribution in [3.05, 3.63) is 52.8 Å². The van der Waals surface area contributed by atoms with Crippen LogP contribution in [0.3, 0.4) is 0 Å². The third-order valence-corrected chi connectivity index (χ3v) is 3.41. The van der Waals surface area contributed by atoms with Crippen LogP contribution in [0.25, 0.3) is 0 Å². The molecule has 0 aliphatic carbocycles. The van der Waals surface area contributed by atoms with Crippen molar-refractivity contribution < 1.29 is 9.53 Å². The fraction of sp³-hybridized carbons (Fsp3) is 0.250. The Morgan fingerprint density at radius 1 is 1.27 bits per heavy atom. The van der Waals surface area contributed by atoms with E-state index in [0.29, 0.717) is 18.8 Å². The van der Waals surface area contributed by atoms with Gasteiger partial charge < -0.3 is 15.4 Å². The highest BCUT2D eigenvalue weighted by molar-refractivity contribution is 9.10. The molecule has 6 heteroatoms. The van der Waals surface area contributed by atoms with Crippen LogP contribution in [0.4, 0.5) is 11.4 Å². The van der Waals surface area contributed by atoms with Gasteiger partial charge in [-0.1, -0.05) is 22.0 Å². The van der Waals surface area contributed by atoms with Crippen LogP contribution in [-0.2, 0) is 4.74 Å². The predicted molar refractivity (Wildman–Crippen MR) is 90.5 cm³/mol. The molecule has 0 aliphatic heterocycles. The van der Waals surface area contributed by atoms with Gasteiger partial charge in [0.15, 0.2) is 0 Å². The number of pyridine rings is 1. The number of halogens is 1. The molecule has 0 saturated heterocycles. The van der Waals surface area contributed by atoms with Gasteiger partial charge in [-0.05, 0) is 36.8 Å². The molecule has 1 amide bonds. The fourth-order valence-electron chi connectivity index (χ4n) is 1.87. The number of anilines is 2. The van der Waals surface area contributed by atoms with Gasteiger partial charge in [-0.25, -0.2) is 0 Å². The molecule has 0 atom stereocenters. The van der Waals surface area contributed by atoms with Crippen molar-refractivity contribution in [2.24, 2.45) is 0 Å². The zero-order valence-corrected chi connectivity index (χ0v) is 13.9. The number of carbonyl (C=O) groups excluding carboxylic acids is 1. The van der Waals surface area contributed by atoms with E-state index in [1.54, 1.807) is 19.4 Å². The maximum Gasteiger partial charge on any atom is 0.269 e. The zero-order chi connectivity index (χ0) is 15.8. The van der Waals surface area contributed by atoms with Gasteiger partial charge in [0.1, 0.15) is 5.69 Å². The molecule has 2 rings (SSSR count). The predicted octanol–water partition coefficient (Wildman–Crippen LogP) is 3.35. The van der Waals surface area contributed by atoms with Crippen LogP contribution in [0.1, 0.15) is 16.9 Å². The van der Waals surface area contributed by atoms with Crippen molar-refractivity contribution in [3.63, 3.8) is 0 Å². The third kappa shape index (κ3) is 5.13. The first-order valence-corrected chi connectivity index (χ1v) is 7.74. The second kappa shape index (κ2) is 8.51. The molecule has 2 aromatic rings. The van der Waals surface area contributed by atoms with E-state index in [1.807, 2.05) is 30.3 Å². The van der Waals surface area contributed by atoms with Crippen LogP contribution in [0.15, 0.2) is 47.1 Å². The lowest BCUT2D eigenvalue weighted by Gasteiger charge is -2.09. The number of amides is 1. The lowest BCUT2D eigenvalue weighted by atomic mass is 10.2. The van der Waals surface area contributed by atoms with Gasteiger partial charge >= 0.3 is 0 Å². The standard InChI is InChI=1S/C16H18BrN3O2/c1-22-9-3-7-19-16(21)15-11-14(6-8-18-15)20-13-5-2-4-12(17)10-13/h2,4-6,8,10-11H,3,7,9H2,1H3,(H,18,20)(H,19,21).